The molecule has 2 aromatic carbocycles. The van der Waals surface area contributed by atoms with Crippen LogP contribution in [0.25, 0.3) is 0 Å². The summed E-state index contributed by atoms with van der Waals surface area (Å²) < 4.78 is 11.1. The van der Waals surface area contributed by atoms with Crippen molar-refractivity contribution in [2.24, 2.45) is 0 Å². The van der Waals surface area contributed by atoms with Crippen LogP contribution in [0.2, 0.25) is 0 Å². The minimum Gasteiger partial charge on any atom is -0.489 e. The van der Waals surface area contributed by atoms with E-state index in [4.69, 9.17) is 9.47 Å². The summed E-state index contributed by atoms with van der Waals surface area (Å²) in [6, 6.07) is 17.7. The highest BCUT2D eigenvalue weighted by atomic mass is 16.5. The van der Waals surface area contributed by atoms with Crippen molar-refractivity contribution < 1.29 is 14.3 Å². The molecule has 116 valence electrons. The van der Waals surface area contributed by atoms with Crippen LogP contribution in [0.5, 0.6) is 5.75 Å². The van der Waals surface area contributed by atoms with Crippen molar-refractivity contribution in [2.45, 2.75) is 39.4 Å². The quantitative estimate of drug-likeness (QED) is 0.697. The molecule has 0 saturated heterocycles. The number of carbonyl (C=O) groups excluding carboxylic acids is 1. The standard InChI is InChI=1S/C19H22O3/c1-3-7-19(20)22-15(2)17-10-12-18(13-11-17)21-14-16-8-5-4-6-9-16/h4-6,8-13,15H,3,7,14H2,1-2H3. The van der Waals surface area contributed by atoms with Gasteiger partial charge in [-0.1, -0.05) is 49.4 Å². The van der Waals surface area contributed by atoms with E-state index in [0.29, 0.717) is 13.0 Å². The molecule has 1 unspecified atom stereocenters. The third-order valence-corrected chi connectivity index (χ3v) is 3.36. The summed E-state index contributed by atoms with van der Waals surface area (Å²) in [5.41, 5.74) is 2.10. The van der Waals surface area contributed by atoms with Crippen LogP contribution < -0.4 is 4.74 Å². The first kappa shape index (κ1) is 16.1. The molecule has 0 aliphatic rings. The Morgan fingerprint density at radius 2 is 1.73 bits per heavy atom. The zero-order chi connectivity index (χ0) is 15.8. The van der Waals surface area contributed by atoms with Gasteiger partial charge < -0.3 is 9.47 Å². The molecule has 0 saturated carbocycles. The zero-order valence-corrected chi connectivity index (χ0v) is 13.1. The second kappa shape index (κ2) is 8.23. The van der Waals surface area contributed by atoms with E-state index in [-0.39, 0.29) is 12.1 Å². The molecule has 0 spiro atoms. The number of rotatable bonds is 7. The fourth-order valence-corrected chi connectivity index (χ4v) is 2.10. The van der Waals surface area contributed by atoms with Gasteiger partial charge in [-0.05, 0) is 36.6 Å². The van der Waals surface area contributed by atoms with Gasteiger partial charge in [0.05, 0.1) is 0 Å². The minimum atomic E-state index is -0.234. The molecule has 0 amide bonds. The van der Waals surface area contributed by atoms with Crippen molar-refractivity contribution in [2.75, 3.05) is 0 Å². The summed E-state index contributed by atoms with van der Waals surface area (Å²) in [5.74, 6) is 0.652. The Bertz CT molecular complexity index is 575. The van der Waals surface area contributed by atoms with E-state index >= 15 is 0 Å². The van der Waals surface area contributed by atoms with Gasteiger partial charge in [-0.3, -0.25) is 4.79 Å². The SMILES string of the molecule is CCCC(=O)OC(C)c1ccc(OCc2ccccc2)cc1. The van der Waals surface area contributed by atoms with Crippen molar-refractivity contribution in [3.8, 4) is 5.75 Å². The highest BCUT2D eigenvalue weighted by Crippen LogP contribution is 2.21. The molecule has 0 aromatic heterocycles. The number of ether oxygens (including phenoxy) is 2. The number of carbonyl (C=O) groups is 1. The Hall–Kier alpha value is -2.29. The number of benzene rings is 2. The van der Waals surface area contributed by atoms with Crippen LogP contribution >= 0.6 is 0 Å². The monoisotopic (exact) mass is 298 g/mol. The molecule has 2 aromatic rings. The maximum Gasteiger partial charge on any atom is 0.306 e. The van der Waals surface area contributed by atoms with Crippen molar-refractivity contribution in [3.63, 3.8) is 0 Å². The fraction of sp³-hybridized carbons (Fsp3) is 0.316. The average Bonchev–Trinajstić information content (AvgIpc) is 2.54. The molecule has 2 rings (SSSR count). The number of esters is 1. The van der Waals surface area contributed by atoms with E-state index in [9.17, 15) is 4.79 Å². The third-order valence-electron chi connectivity index (χ3n) is 3.36. The lowest BCUT2D eigenvalue weighted by molar-refractivity contribution is -0.148. The van der Waals surface area contributed by atoms with E-state index in [0.717, 1.165) is 23.3 Å². The lowest BCUT2D eigenvalue weighted by Gasteiger charge is -2.14. The van der Waals surface area contributed by atoms with Crippen LogP contribution in [0.4, 0.5) is 0 Å². The lowest BCUT2D eigenvalue weighted by atomic mass is 10.1. The van der Waals surface area contributed by atoms with Crippen LogP contribution in [0.3, 0.4) is 0 Å². The maximum atomic E-state index is 11.5. The molecule has 0 aliphatic heterocycles. The number of hydrogen-bond acceptors (Lipinski definition) is 3. The predicted molar refractivity (Wildman–Crippen MR) is 86.6 cm³/mol. The third kappa shape index (κ3) is 4.92. The predicted octanol–water partition coefficient (Wildman–Crippen LogP) is 4.67. The van der Waals surface area contributed by atoms with E-state index in [1.54, 1.807) is 0 Å². The maximum absolute atomic E-state index is 11.5. The molecule has 0 N–H and O–H groups in total. The molecule has 0 fully saturated rings. The Morgan fingerprint density at radius 1 is 1.05 bits per heavy atom. The van der Waals surface area contributed by atoms with E-state index < -0.39 is 0 Å². The summed E-state index contributed by atoms with van der Waals surface area (Å²) >= 11 is 0. The van der Waals surface area contributed by atoms with Crippen molar-refractivity contribution in [3.05, 3.63) is 65.7 Å². The molecule has 22 heavy (non-hydrogen) atoms. The highest BCUT2D eigenvalue weighted by molar-refractivity contribution is 5.69. The van der Waals surface area contributed by atoms with Gasteiger partial charge in [-0.2, -0.15) is 0 Å². The molecule has 3 nitrogen and oxygen atoms in total. The second-order valence-corrected chi connectivity index (χ2v) is 5.23. The fourth-order valence-electron chi connectivity index (χ4n) is 2.10. The molecular weight excluding hydrogens is 276 g/mol. The Kier molecular flexibility index (Phi) is 6.01. The normalized spacial score (nSPS) is 11.7. The first-order chi connectivity index (χ1) is 10.7. The van der Waals surface area contributed by atoms with E-state index in [1.807, 2.05) is 68.4 Å². The van der Waals surface area contributed by atoms with Crippen LogP contribution in [-0.2, 0) is 16.1 Å². The largest absolute Gasteiger partial charge is 0.489 e. The Balaban J connectivity index is 1.88. The first-order valence-electron chi connectivity index (χ1n) is 7.65. The Labute approximate surface area is 131 Å². The van der Waals surface area contributed by atoms with E-state index in [1.165, 1.54) is 0 Å². The molecule has 0 radical (unpaired) electrons. The van der Waals surface area contributed by atoms with Gasteiger partial charge in [0.1, 0.15) is 18.5 Å². The van der Waals surface area contributed by atoms with Gasteiger partial charge in [-0.25, -0.2) is 0 Å². The lowest BCUT2D eigenvalue weighted by Crippen LogP contribution is -2.08. The summed E-state index contributed by atoms with van der Waals surface area (Å²) in [4.78, 5) is 11.5. The van der Waals surface area contributed by atoms with Crippen LogP contribution in [0, 0.1) is 0 Å². The molecule has 1 atom stereocenters. The smallest absolute Gasteiger partial charge is 0.306 e. The molecular formula is C19H22O3. The van der Waals surface area contributed by atoms with Crippen LogP contribution in [0.1, 0.15) is 43.9 Å². The van der Waals surface area contributed by atoms with Gasteiger partial charge in [0, 0.05) is 6.42 Å². The molecule has 0 bridgehead atoms. The summed E-state index contributed by atoms with van der Waals surface area (Å²) in [6.45, 7) is 4.39. The summed E-state index contributed by atoms with van der Waals surface area (Å²) in [7, 11) is 0. The molecule has 3 heteroatoms. The topological polar surface area (TPSA) is 35.5 Å². The zero-order valence-electron chi connectivity index (χ0n) is 13.1. The minimum absolute atomic E-state index is 0.153. The van der Waals surface area contributed by atoms with Crippen molar-refractivity contribution in [1.82, 2.24) is 0 Å². The van der Waals surface area contributed by atoms with Gasteiger partial charge in [-0.15, -0.1) is 0 Å². The van der Waals surface area contributed by atoms with E-state index in [2.05, 4.69) is 0 Å². The molecule has 0 heterocycles. The van der Waals surface area contributed by atoms with Gasteiger partial charge in [0.15, 0.2) is 0 Å². The molecule has 0 aliphatic carbocycles. The summed E-state index contributed by atoms with van der Waals surface area (Å²) in [5, 5.41) is 0. The van der Waals surface area contributed by atoms with Crippen molar-refractivity contribution >= 4 is 5.97 Å². The summed E-state index contributed by atoms with van der Waals surface area (Å²) in [6.07, 6.45) is 1.03. The first-order valence-corrected chi connectivity index (χ1v) is 7.65. The van der Waals surface area contributed by atoms with Crippen LogP contribution in [0.15, 0.2) is 54.6 Å². The van der Waals surface area contributed by atoms with Crippen LogP contribution in [-0.4, -0.2) is 5.97 Å². The second-order valence-electron chi connectivity index (χ2n) is 5.23. The highest BCUT2D eigenvalue weighted by Gasteiger charge is 2.10. The Morgan fingerprint density at radius 3 is 2.36 bits per heavy atom. The number of hydrogen-bond donors (Lipinski definition) is 0. The van der Waals surface area contributed by atoms with Gasteiger partial charge >= 0.3 is 5.97 Å². The van der Waals surface area contributed by atoms with Gasteiger partial charge in [0.25, 0.3) is 0 Å². The van der Waals surface area contributed by atoms with Crippen molar-refractivity contribution in [1.29, 1.82) is 0 Å². The van der Waals surface area contributed by atoms with Gasteiger partial charge in [0.2, 0.25) is 0 Å². The average molecular weight is 298 g/mol.